The van der Waals surface area contributed by atoms with Crippen LogP contribution in [0.4, 0.5) is 0 Å². The van der Waals surface area contributed by atoms with Gasteiger partial charge in [-0.05, 0) is 49.6 Å². The van der Waals surface area contributed by atoms with E-state index in [1.165, 1.54) is 11.3 Å². The number of thiophene rings is 1. The number of carbonyl (C=O) groups excluding carboxylic acids is 1. The van der Waals surface area contributed by atoms with Gasteiger partial charge in [0.2, 0.25) is 0 Å². The Kier molecular flexibility index (Phi) is 5.08. The lowest BCUT2D eigenvalue weighted by Gasteiger charge is -2.39. The minimum Gasteiger partial charge on any atom is -0.349 e. The zero-order valence-corrected chi connectivity index (χ0v) is 15.1. The summed E-state index contributed by atoms with van der Waals surface area (Å²) < 4.78 is 23.1. The van der Waals surface area contributed by atoms with E-state index >= 15 is 0 Å². The third kappa shape index (κ3) is 4.14. The summed E-state index contributed by atoms with van der Waals surface area (Å²) in [6, 6.07) is 2.60. The van der Waals surface area contributed by atoms with Gasteiger partial charge in [0.1, 0.15) is 9.84 Å². The maximum atomic E-state index is 12.3. The molecule has 2 fully saturated rings. The maximum Gasteiger partial charge on any atom is 0.261 e. The third-order valence-electron chi connectivity index (χ3n) is 4.97. The molecule has 23 heavy (non-hydrogen) atoms. The highest BCUT2D eigenvalue weighted by atomic mass is 32.2. The molecule has 3 rings (SSSR count). The SMILES string of the molecule is Cc1ccsc1C(=O)NC1CCN(C2CCS(=O)(=O)CC2)CC1. The van der Waals surface area contributed by atoms with Crippen molar-refractivity contribution in [3.8, 4) is 0 Å². The van der Waals surface area contributed by atoms with Crippen LogP contribution >= 0.6 is 11.3 Å². The van der Waals surface area contributed by atoms with Gasteiger partial charge in [-0.15, -0.1) is 11.3 Å². The zero-order chi connectivity index (χ0) is 16.4. The Morgan fingerprint density at radius 1 is 1.22 bits per heavy atom. The highest BCUT2D eigenvalue weighted by molar-refractivity contribution is 7.91. The molecule has 2 saturated heterocycles. The van der Waals surface area contributed by atoms with Gasteiger partial charge in [0.25, 0.3) is 5.91 Å². The summed E-state index contributed by atoms with van der Waals surface area (Å²) in [5.74, 6) is 0.692. The van der Waals surface area contributed by atoms with Crippen molar-refractivity contribution in [2.45, 2.75) is 44.7 Å². The van der Waals surface area contributed by atoms with Crippen LogP contribution in [-0.4, -0.2) is 55.9 Å². The number of nitrogens with one attached hydrogen (secondary N) is 1. The topological polar surface area (TPSA) is 66.5 Å². The van der Waals surface area contributed by atoms with Crippen LogP contribution in [0.1, 0.15) is 40.9 Å². The van der Waals surface area contributed by atoms with Crippen molar-refractivity contribution in [2.24, 2.45) is 0 Å². The number of piperidine rings is 1. The summed E-state index contributed by atoms with van der Waals surface area (Å²) in [7, 11) is -2.79. The number of hydrogen-bond acceptors (Lipinski definition) is 5. The second kappa shape index (κ2) is 6.91. The maximum absolute atomic E-state index is 12.3. The molecular formula is C16H24N2O3S2. The third-order valence-corrected chi connectivity index (χ3v) is 7.70. The second-order valence-electron chi connectivity index (χ2n) is 6.60. The van der Waals surface area contributed by atoms with Crippen molar-refractivity contribution < 1.29 is 13.2 Å². The highest BCUT2D eigenvalue weighted by Gasteiger charge is 2.31. The number of nitrogens with zero attached hydrogens (tertiary/aromatic N) is 1. The zero-order valence-electron chi connectivity index (χ0n) is 13.5. The van der Waals surface area contributed by atoms with Crippen LogP contribution in [-0.2, 0) is 9.84 Å². The Morgan fingerprint density at radius 2 is 1.87 bits per heavy atom. The molecule has 0 spiro atoms. The lowest BCUT2D eigenvalue weighted by atomic mass is 10.0. The predicted octanol–water partition coefficient (Wildman–Crippen LogP) is 1.83. The van der Waals surface area contributed by atoms with E-state index in [2.05, 4.69) is 10.2 Å². The van der Waals surface area contributed by atoms with Crippen molar-refractivity contribution in [3.05, 3.63) is 21.9 Å². The van der Waals surface area contributed by atoms with E-state index in [4.69, 9.17) is 0 Å². The van der Waals surface area contributed by atoms with Crippen molar-refractivity contribution in [1.82, 2.24) is 10.2 Å². The van der Waals surface area contributed by atoms with Gasteiger partial charge in [-0.1, -0.05) is 0 Å². The molecule has 7 heteroatoms. The average Bonchev–Trinajstić information content (AvgIpc) is 2.94. The van der Waals surface area contributed by atoms with Gasteiger partial charge >= 0.3 is 0 Å². The van der Waals surface area contributed by atoms with Crippen molar-refractivity contribution in [1.29, 1.82) is 0 Å². The van der Waals surface area contributed by atoms with Crippen LogP contribution in [0.5, 0.6) is 0 Å². The van der Waals surface area contributed by atoms with Crippen LogP contribution in [0, 0.1) is 6.92 Å². The Labute approximate surface area is 142 Å². The summed E-state index contributed by atoms with van der Waals surface area (Å²) in [6.45, 7) is 3.85. The van der Waals surface area contributed by atoms with Crippen molar-refractivity contribution in [3.63, 3.8) is 0 Å². The summed E-state index contributed by atoms with van der Waals surface area (Å²) in [4.78, 5) is 15.5. The first kappa shape index (κ1) is 16.9. The molecular weight excluding hydrogens is 332 g/mol. The first-order valence-electron chi connectivity index (χ1n) is 8.24. The molecule has 1 aromatic rings. The van der Waals surface area contributed by atoms with Gasteiger partial charge in [-0.2, -0.15) is 0 Å². The van der Waals surface area contributed by atoms with Crippen molar-refractivity contribution in [2.75, 3.05) is 24.6 Å². The van der Waals surface area contributed by atoms with E-state index in [-0.39, 0.29) is 11.9 Å². The van der Waals surface area contributed by atoms with E-state index in [9.17, 15) is 13.2 Å². The van der Waals surface area contributed by atoms with Crippen LogP contribution < -0.4 is 5.32 Å². The summed E-state index contributed by atoms with van der Waals surface area (Å²) in [6.07, 6.45) is 3.40. The number of hydrogen-bond donors (Lipinski definition) is 1. The largest absolute Gasteiger partial charge is 0.349 e. The minimum atomic E-state index is -2.79. The van der Waals surface area contributed by atoms with E-state index in [1.54, 1.807) is 0 Å². The standard InChI is InChI=1S/C16H24N2O3S2/c1-12-4-9-22-15(12)16(19)17-13-2-7-18(8-3-13)14-5-10-23(20,21)11-6-14/h4,9,13-14H,2-3,5-8,10-11H2,1H3,(H,17,19). The quantitative estimate of drug-likeness (QED) is 0.897. The molecule has 0 bridgehead atoms. The average molecular weight is 357 g/mol. The number of aryl methyl sites for hydroxylation is 1. The molecule has 1 aromatic heterocycles. The number of amides is 1. The monoisotopic (exact) mass is 356 g/mol. The van der Waals surface area contributed by atoms with Gasteiger partial charge in [0, 0.05) is 25.2 Å². The second-order valence-corrected chi connectivity index (χ2v) is 9.82. The molecule has 1 N–H and O–H groups in total. The summed E-state index contributed by atoms with van der Waals surface area (Å²) >= 11 is 1.49. The molecule has 0 unspecified atom stereocenters. The lowest BCUT2D eigenvalue weighted by Crippen LogP contribution is -2.49. The van der Waals surface area contributed by atoms with E-state index in [1.807, 2.05) is 18.4 Å². The fraction of sp³-hybridized carbons (Fsp3) is 0.688. The lowest BCUT2D eigenvalue weighted by molar-refractivity contribution is 0.0888. The van der Waals surface area contributed by atoms with Gasteiger partial charge in [-0.3, -0.25) is 4.79 Å². The molecule has 0 aromatic carbocycles. The Morgan fingerprint density at radius 3 is 2.43 bits per heavy atom. The molecule has 0 atom stereocenters. The van der Waals surface area contributed by atoms with Gasteiger partial charge < -0.3 is 10.2 Å². The number of carbonyl (C=O) groups is 1. The molecule has 0 radical (unpaired) electrons. The predicted molar refractivity (Wildman–Crippen MR) is 92.8 cm³/mol. The first-order chi connectivity index (χ1) is 10.9. The fourth-order valence-corrected chi connectivity index (χ4v) is 5.80. The molecule has 2 aliphatic heterocycles. The molecule has 2 aliphatic rings. The van der Waals surface area contributed by atoms with E-state index < -0.39 is 9.84 Å². The molecule has 3 heterocycles. The van der Waals surface area contributed by atoms with E-state index in [0.29, 0.717) is 17.5 Å². The van der Waals surface area contributed by atoms with Gasteiger partial charge in [0.05, 0.1) is 16.4 Å². The Balaban J connectivity index is 1.47. The molecule has 1 amide bonds. The molecule has 128 valence electrons. The highest BCUT2D eigenvalue weighted by Crippen LogP contribution is 2.23. The van der Waals surface area contributed by atoms with Gasteiger partial charge in [-0.25, -0.2) is 8.42 Å². The molecule has 5 nitrogen and oxygen atoms in total. The smallest absolute Gasteiger partial charge is 0.261 e. The number of likely N-dealkylation sites (tertiary alicyclic amines) is 1. The van der Waals surface area contributed by atoms with Crippen molar-refractivity contribution >= 4 is 27.1 Å². The summed E-state index contributed by atoms with van der Waals surface area (Å²) in [5, 5.41) is 5.10. The normalized spacial score (nSPS) is 23.7. The minimum absolute atomic E-state index is 0.0414. The fourth-order valence-electron chi connectivity index (χ4n) is 3.51. The van der Waals surface area contributed by atoms with Crippen LogP contribution in [0.2, 0.25) is 0 Å². The molecule has 0 aliphatic carbocycles. The molecule has 0 saturated carbocycles. The van der Waals surface area contributed by atoms with Crippen LogP contribution in [0.3, 0.4) is 0 Å². The van der Waals surface area contributed by atoms with Crippen LogP contribution in [0.25, 0.3) is 0 Å². The van der Waals surface area contributed by atoms with Gasteiger partial charge in [0.15, 0.2) is 0 Å². The number of sulfone groups is 1. The summed E-state index contributed by atoms with van der Waals surface area (Å²) in [5.41, 5.74) is 1.04. The Hall–Kier alpha value is -0.920. The van der Waals surface area contributed by atoms with E-state index in [0.717, 1.165) is 49.2 Å². The first-order valence-corrected chi connectivity index (χ1v) is 10.9. The van der Waals surface area contributed by atoms with Crippen LogP contribution in [0.15, 0.2) is 11.4 Å². The Bertz CT molecular complexity index is 647. The number of rotatable bonds is 3.